The Hall–Kier alpha value is -5.03. The third kappa shape index (κ3) is 3.15. The molecule has 4 aromatic rings. The molecule has 0 fully saturated rings. The van der Waals surface area contributed by atoms with Crippen molar-refractivity contribution < 1.29 is 0 Å². The molecular formula is C26H17N7O. The van der Waals surface area contributed by atoms with Crippen molar-refractivity contribution in [3.63, 3.8) is 0 Å². The second-order valence-corrected chi connectivity index (χ2v) is 7.88. The molecule has 2 aromatic heterocycles. The predicted octanol–water partition coefficient (Wildman–Crippen LogP) is 3.79. The first-order valence-corrected chi connectivity index (χ1v) is 10.7. The number of para-hydroxylation sites is 1. The molecule has 162 valence electrons. The third-order valence-corrected chi connectivity index (χ3v) is 5.84. The summed E-state index contributed by atoms with van der Waals surface area (Å²) in [6.45, 7) is 0.580. The van der Waals surface area contributed by atoms with Gasteiger partial charge in [0.1, 0.15) is 17.5 Å². The van der Waals surface area contributed by atoms with Crippen LogP contribution in [0.25, 0.3) is 33.5 Å². The van der Waals surface area contributed by atoms with E-state index in [0.717, 1.165) is 22.2 Å². The summed E-state index contributed by atoms with van der Waals surface area (Å²) in [5.74, 6) is 0. The van der Waals surface area contributed by atoms with Gasteiger partial charge in [-0.25, -0.2) is 4.68 Å². The maximum Gasteiger partial charge on any atom is 0.282 e. The van der Waals surface area contributed by atoms with Crippen LogP contribution in [0.2, 0.25) is 0 Å². The van der Waals surface area contributed by atoms with E-state index in [0.29, 0.717) is 29.1 Å². The van der Waals surface area contributed by atoms with Crippen molar-refractivity contribution in [1.82, 2.24) is 29.1 Å². The Morgan fingerprint density at radius 1 is 0.971 bits per heavy atom. The Kier molecular flexibility index (Phi) is 4.52. The van der Waals surface area contributed by atoms with Crippen molar-refractivity contribution in [2.24, 2.45) is 0 Å². The monoisotopic (exact) mass is 443 g/mol. The topological polar surface area (TPSA) is 94.3 Å². The van der Waals surface area contributed by atoms with Crippen molar-refractivity contribution in [3.8, 4) is 28.7 Å². The molecule has 8 heteroatoms. The van der Waals surface area contributed by atoms with E-state index in [2.05, 4.69) is 38.0 Å². The summed E-state index contributed by atoms with van der Waals surface area (Å²) >= 11 is 0. The maximum atomic E-state index is 13.4. The highest BCUT2D eigenvalue weighted by molar-refractivity contribution is 5.93. The second kappa shape index (κ2) is 7.83. The number of hydrogen-bond donors (Lipinski definition) is 0. The van der Waals surface area contributed by atoms with Gasteiger partial charge in [0.2, 0.25) is 0 Å². The van der Waals surface area contributed by atoms with Crippen LogP contribution in [0.3, 0.4) is 0 Å². The van der Waals surface area contributed by atoms with Crippen LogP contribution < -0.4 is 5.56 Å². The predicted molar refractivity (Wildman–Crippen MR) is 127 cm³/mol. The third-order valence-electron chi connectivity index (χ3n) is 5.84. The van der Waals surface area contributed by atoms with E-state index in [1.165, 1.54) is 17.1 Å². The minimum absolute atomic E-state index is 0.284. The van der Waals surface area contributed by atoms with Crippen LogP contribution in [-0.4, -0.2) is 29.1 Å². The zero-order valence-electron chi connectivity index (χ0n) is 17.9. The number of pyridine rings is 2. The van der Waals surface area contributed by atoms with Crippen molar-refractivity contribution in [1.29, 1.82) is 5.26 Å². The smallest absolute Gasteiger partial charge is 0.282 e. The van der Waals surface area contributed by atoms with Gasteiger partial charge in [-0.15, -0.1) is 0 Å². The highest BCUT2D eigenvalue weighted by Crippen LogP contribution is 2.29. The van der Waals surface area contributed by atoms with Gasteiger partial charge in [0, 0.05) is 36.7 Å². The van der Waals surface area contributed by atoms with E-state index >= 15 is 0 Å². The molecule has 0 amide bonds. The largest absolute Gasteiger partial charge is 0.342 e. The minimum atomic E-state index is -0.284. The summed E-state index contributed by atoms with van der Waals surface area (Å²) in [7, 11) is 0. The molecule has 2 aromatic carbocycles. The van der Waals surface area contributed by atoms with Crippen LogP contribution in [0.15, 0.2) is 96.4 Å². The molecule has 2 aliphatic rings. The lowest BCUT2D eigenvalue weighted by Crippen LogP contribution is -2.16. The van der Waals surface area contributed by atoms with E-state index in [1.807, 2.05) is 59.5 Å². The van der Waals surface area contributed by atoms with Gasteiger partial charge in [-0.05, 0) is 35.9 Å². The zero-order chi connectivity index (χ0) is 23.1. The fourth-order valence-electron chi connectivity index (χ4n) is 4.20. The van der Waals surface area contributed by atoms with E-state index in [1.54, 1.807) is 12.3 Å². The summed E-state index contributed by atoms with van der Waals surface area (Å²) < 4.78 is 5.14. The van der Waals surface area contributed by atoms with Crippen LogP contribution in [-0.2, 0) is 6.54 Å². The summed E-state index contributed by atoms with van der Waals surface area (Å²) in [5, 5.41) is 19.2. The summed E-state index contributed by atoms with van der Waals surface area (Å²) in [4.78, 5) is 17.4. The molecule has 0 radical (unpaired) electrons. The van der Waals surface area contributed by atoms with Gasteiger partial charge < -0.3 is 4.57 Å². The van der Waals surface area contributed by atoms with Gasteiger partial charge in [-0.2, -0.15) is 20.1 Å². The second-order valence-electron chi connectivity index (χ2n) is 7.88. The van der Waals surface area contributed by atoms with E-state index in [-0.39, 0.29) is 5.56 Å². The van der Waals surface area contributed by atoms with Crippen LogP contribution in [0, 0.1) is 11.3 Å². The van der Waals surface area contributed by atoms with E-state index in [4.69, 9.17) is 0 Å². The molecular weight excluding hydrogens is 426 g/mol. The molecule has 4 heterocycles. The average molecular weight is 443 g/mol. The van der Waals surface area contributed by atoms with Crippen LogP contribution in [0.5, 0.6) is 0 Å². The van der Waals surface area contributed by atoms with Gasteiger partial charge in [-0.3, -0.25) is 9.78 Å². The molecule has 0 N–H and O–H groups in total. The van der Waals surface area contributed by atoms with E-state index in [9.17, 15) is 10.1 Å². The lowest BCUT2D eigenvalue weighted by Gasteiger charge is -2.14. The van der Waals surface area contributed by atoms with Crippen molar-refractivity contribution in [2.75, 3.05) is 0 Å². The lowest BCUT2D eigenvalue weighted by atomic mass is 10.1. The standard InChI is InChI=1S/C26H17N7O/c27-14-19-10-12-28-15-24(19)33-26(34)22-17-31(23-5-2-1-4-21(23)25(22)30-33)16-18-6-8-20(9-7-18)32-13-3-11-29-32/h1-13,15,17H,16H2. The normalized spacial score (nSPS) is 11.1. The maximum absolute atomic E-state index is 13.4. The molecule has 0 unspecified atom stereocenters. The number of nitrogens with zero attached hydrogens (tertiary/aromatic N) is 7. The van der Waals surface area contributed by atoms with Crippen molar-refractivity contribution in [3.05, 3.63) is 113 Å². The quantitative estimate of drug-likeness (QED) is 0.413. The Bertz CT molecular complexity index is 1700. The SMILES string of the molecule is N#Cc1ccncc1-n1nc2c3ccccc3n(Cc3ccc(-n4cccn4)cc3)cc-2c1=O. The first-order chi connectivity index (χ1) is 16.7. The number of benzene rings is 2. The fraction of sp³-hybridized carbons (Fsp3) is 0.0385. The van der Waals surface area contributed by atoms with Crippen LogP contribution in [0.4, 0.5) is 0 Å². The van der Waals surface area contributed by atoms with Gasteiger partial charge in [0.15, 0.2) is 0 Å². The highest BCUT2D eigenvalue weighted by Gasteiger charge is 2.22. The van der Waals surface area contributed by atoms with Gasteiger partial charge in [0.25, 0.3) is 5.56 Å². The first kappa shape index (κ1) is 19.6. The number of rotatable bonds is 4. The Morgan fingerprint density at radius 2 is 1.82 bits per heavy atom. The van der Waals surface area contributed by atoms with Gasteiger partial charge >= 0.3 is 0 Å². The number of hydrogen-bond acceptors (Lipinski definition) is 5. The Morgan fingerprint density at radius 3 is 2.62 bits per heavy atom. The van der Waals surface area contributed by atoms with Crippen LogP contribution >= 0.6 is 0 Å². The van der Waals surface area contributed by atoms with Gasteiger partial charge in [0.05, 0.1) is 28.5 Å². The fourth-order valence-corrected chi connectivity index (χ4v) is 4.20. The summed E-state index contributed by atoms with van der Waals surface area (Å²) in [5.41, 5.74) is 4.54. The summed E-state index contributed by atoms with van der Waals surface area (Å²) in [6.07, 6.45) is 8.50. The molecule has 6 rings (SSSR count). The Balaban J connectivity index is 1.49. The van der Waals surface area contributed by atoms with Gasteiger partial charge in [-0.1, -0.05) is 30.3 Å². The lowest BCUT2D eigenvalue weighted by molar-refractivity contribution is 0.824. The molecule has 0 saturated heterocycles. The number of aromatic nitrogens is 6. The molecule has 8 nitrogen and oxygen atoms in total. The highest BCUT2D eigenvalue weighted by atomic mass is 16.1. The summed E-state index contributed by atoms with van der Waals surface area (Å²) in [6, 6.07) is 21.6. The number of fused-ring (bicyclic) bond motifs is 3. The molecule has 0 atom stereocenters. The van der Waals surface area contributed by atoms with E-state index < -0.39 is 0 Å². The zero-order valence-corrected chi connectivity index (χ0v) is 17.9. The molecule has 2 aliphatic heterocycles. The molecule has 0 spiro atoms. The molecule has 0 bridgehead atoms. The van der Waals surface area contributed by atoms with Crippen molar-refractivity contribution in [2.45, 2.75) is 6.54 Å². The first-order valence-electron chi connectivity index (χ1n) is 10.7. The molecule has 0 aliphatic carbocycles. The number of nitriles is 1. The Labute approximate surface area is 193 Å². The average Bonchev–Trinajstić information content (AvgIpc) is 3.54. The van der Waals surface area contributed by atoms with Crippen LogP contribution in [0.1, 0.15) is 11.1 Å². The molecule has 34 heavy (non-hydrogen) atoms. The van der Waals surface area contributed by atoms with Crippen molar-refractivity contribution >= 4 is 10.9 Å². The molecule has 0 saturated carbocycles. The minimum Gasteiger partial charge on any atom is -0.342 e.